The molecular weight excluding hydrogens is 340 g/mol. The summed E-state index contributed by atoms with van der Waals surface area (Å²) in [6, 6.07) is 4.44. The van der Waals surface area contributed by atoms with Crippen molar-refractivity contribution in [1.29, 1.82) is 0 Å². The van der Waals surface area contributed by atoms with Gasteiger partial charge in [-0.05, 0) is 51.5 Å². The summed E-state index contributed by atoms with van der Waals surface area (Å²) in [4.78, 5) is 4.38. The summed E-state index contributed by atoms with van der Waals surface area (Å²) in [6.45, 7) is 8.67. The van der Waals surface area contributed by atoms with Gasteiger partial charge in [-0.1, -0.05) is 41.5 Å². The Hall–Kier alpha value is -0.603. The highest BCUT2D eigenvalue weighted by Gasteiger charge is 2.11. The molecule has 0 aliphatic heterocycles. The standard InChI is InChI=1S/C17H27BrN2Si/c1-19(2)12-15-10-14(8-9-21(5,6)7)11-16(17(15)18)13-20(3)4/h10-11H,12-13H2,1-7H3. The number of benzene rings is 1. The molecule has 0 heterocycles. The molecule has 0 N–H and O–H groups in total. The van der Waals surface area contributed by atoms with Crippen LogP contribution in [0.25, 0.3) is 0 Å². The summed E-state index contributed by atoms with van der Waals surface area (Å²) in [5, 5.41) is 0. The molecule has 21 heavy (non-hydrogen) atoms. The van der Waals surface area contributed by atoms with Gasteiger partial charge in [0.1, 0.15) is 8.07 Å². The first kappa shape index (κ1) is 18.4. The van der Waals surface area contributed by atoms with Crippen LogP contribution in [-0.4, -0.2) is 46.1 Å². The second kappa shape index (κ2) is 7.60. The maximum Gasteiger partial charge on any atom is 0.129 e. The zero-order chi connectivity index (χ0) is 16.2. The highest BCUT2D eigenvalue weighted by molar-refractivity contribution is 9.10. The second-order valence-corrected chi connectivity index (χ2v) is 12.6. The van der Waals surface area contributed by atoms with Crippen LogP contribution < -0.4 is 0 Å². The van der Waals surface area contributed by atoms with Crippen LogP contribution in [-0.2, 0) is 13.1 Å². The van der Waals surface area contributed by atoms with Crippen molar-refractivity contribution in [3.05, 3.63) is 33.3 Å². The fraction of sp³-hybridized carbons (Fsp3) is 0.529. The van der Waals surface area contributed by atoms with Crippen LogP contribution in [0.15, 0.2) is 16.6 Å². The molecule has 0 saturated carbocycles. The summed E-state index contributed by atoms with van der Waals surface area (Å²) in [7, 11) is 7.04. The summed E-state index contributed by atoms with van der Waals surface area (Å²) < 4.78 is 1.21. The van der Waals surface area contributed by atoms with Crippen molar-refractivity contribution in [2.24, 2.45) is 0 Å². The summed E-state index contributed by atoms with van der Waals surface area (Å²) in [5.41, 5.74) is 7.21. The van der Waals surface area contributed by atoms with Gasteiger partial charge < -0.3 is 9.80 Å². The Labute approximate surface area is 139 Å². The molecule has 0 fully saturated rings. The number of halogens is 1. The van der Waals surface area contributed by atoms with Crippen LogP contribution in [0.5, 0.6) is 0 Å². The number of hydrogen-bond acceptors (Lipinski definition) is 2. The molecule has 0 atom stereocenters. The van der Waals surface area contributed by atoms with Crippen molar-refractivity contribution >= 4 is 24.0 Å². The lowest BCUT2D eigenvalue weighted by molar-refractivity contribution is 0.394. The van der Waals surface area contributed by atoms with Gasteiger partial charge in [0.15, 0.2) is 0 Å². The first-order chi connectivity index (χ1) is 9.58. The van der Waals surface area contributed by atoms with E-state index >= 15 is 0 Å². The Morgan fingerprint density at radius 2 is 1.38 bits per heavy atom. The SMILES string of the molecule is CN(C)Cc1cc(C#C[Si](C)(C)C)cc(CN(C)C)c1Br. The first-order valence-corrected chi connectivity index (χ1v) is 11.5. The van der Waals surface area contributed by atoms with Gasteiger partial charge in [0.05, 0.1) is 0 Å². The predicted molar refractivity (Wildman–Crippen MR) is 99.1 cm³/mol. The average Bonchev–Trinajstić information content (AvgIpc) is 2.29. The van der Waals surface area contributed by atoms with Crippen LogP contribution in [0, 0.1) is 11.5 Å². The minimum Gasteiger partial charge on any atom is -0.305 e. The topological polar surface area (TPSA) is 6.48 Å². The monoisotopic (exact) mass is 366 g/mol. The summed E-state index contributed by atoms with van der Waals surface area (Å²) >= 11 is 3.77. The maximum absolute atomic E-state index is 3.77. The van der Waals surface area contributed by atoms with Crippen molar-refractivity contribution in [2.45, 2.75) is 32.7 Å². The van der Waals surface area contributed by atoms with Crippen molar-refractivity contribution in [3.63, 3.8) is 0 Å². The second-order valence-electron chi connectivity index (χ2n) is 7.08. The predicted octanol–water partition coefficient (Wildman–Crippen LogP) is 3.80. The van der Waals surface area contributed by atoms with E-state index in [-0.39, 0.29) is 0 Å². The molecule has 0 bridgehead atoms. The molecular formula is C17H27BrN2Si. The number of rotatable bonds is 4. The van der Waals surface area contributed by atoms with Gasteiger partial charge in [0.2, 0.25) is 0 Å². The number of hydrogen-bond donors (Lipinski definition) is 0. The molecule has 0 aliphatic rings. The molecule has 4 heteroatoms. The molecule has 1 aromatic rings. The van der Waals surface area contributed by atoms with E-state index < -0.39 is 8.07 Å². The van der Waals surface area contributed by atoms with Crippen molar-refractivity contribution < 1.29 is 0 Å². The van der Waals surface area contributed by atoms with Crippen LogP contribution in [0.1, 0.15) is 16.7 Å². The van der Waals surface area contributed by atoms with E-state index in [1.807, 2.05) is 0 Å². The Morgan fingerprint density at radius 1 is 0.952 bits per heavy atom. The molecule has 1 aromatic carbocycles. The van der Waals surface area contributed by atoms with E-state index in [1.165, 1.54) is 15.6 Å². The average molecular weight is 367 g/mol. The molecule has 116 valence electrons. The normalized spacial score (nSPS) is 11.7. The fourth-order valence-corrected chi connectivity index (χ4v) is 2.99. The lowest BCUT2D eigenvalue weighted by Crippen LogP contribution is -2.17. The van der Waals surface area contributed by atoms with Crippen LogP contribution in [0.3, 0.4) is 0 Å². The molecule has 0 amide bonds. The molecule has 0 aromatic heterocycles. The van der Waals surface area contributed by atoms with Crippen molar-refractivity contribution in [1.82, 2.24) is 9.80 Å². The molecule has 0 spiro atoms. The summed E-state index contributed by atoms with van der Waals surface area (Å²) in [6.07, 6.45) is 0. The Morgan fingerprint density at radius 3 is 1.71 bits per heavy atom. The fourth-order valence-electron chi connectivity index (χ4n) is 1.99. The molecule has 0 saturated heterocycles. The molecule has 1 rings (SSSR count). The van der Waals surface area contributed by atoms with Crippen molar-refractivity contribution in [2.75, 3.05) is 28.2 Å². The van der Waals surface area contributed by atoms with Gasteiger partial charge in [-0.2, -0.15) is 0 Å². The van der Waals surface area contributed by atoms with Crippen LogP contribution in [0.2, 0.25) is 19.6 Å². The highest BCUT2D eigenvalue weighted by atomic mass is 79.9. The first-order valence-electron chi connectivity index (χ1n) is 7.22. The Kier molecular flexibility index (Phi) is 6.67. The van der Waals surface area contributed by atoms with Crippen LogP contribution >= 0.6 is 15.9 Å². The third kappa shape index (κ3) is 6.79. The van der Waals surface area contributed by atoms with Gasteiger partial charge >= 0.3 is 0 Å². The van der Waals surface area contributed by atoms with Gasteiger partial charge in [0, 0.05) is 23.1 Å². The van der Waals surface area contributed by atoms with E-state index in [9.17, 15) is 0 Å². The molecule has 2 nitrogen and oxygen atoms in total. The van der Waals surface area contributed by atoms with E-state index in [0.29, 0.717) is 0 Å². The zero-order valence-electron chi connectivity index (χ0n) is 14.3. The van der Waals surface area contributed by atoms with Gasteiger partial charge in [-0.3, -0.25) is 0 Å². The zero-order valence-corrected chi connectivity index (χ0v) is 16.9. The quantitative estimate of drug-likeness (QED) is 0.590. The van der Waals surface area contributed by atoms with E-state index in [1.54, 1.807) is 0 Å². The summed E-state index contributed by atoms with van der Waals surface area (Å²) in [5.74, 6) is 3.39. The molecule has 0 radical (unpaired) electrons. The van der Waals surface area contributed by atoms with E-state index in [4.69, 9.17) is 0 Å². The van der Waals surface area contributed by atoms with E-state index in [2.05, 4.69) is 97.2 Å². The third-order valence-electron chi connectivity index (χ3n) is 2.78. The minimum absolute atomic E-state index is 0.920. The van der Waals surface area contributed by atoms with Crippen LogP contribution in [0.4, 0.5) is 0 Å². The lowest BCUT2D eigenvalue weighted by atomic mass is 10.1. The maximum atomic E-state index is 3.77. The minimum atomic E-state index is -1.35. The van der Waals surface area contributed by atoms with E-state index in [0.717, 1.165) is 18.7 Å². The largest absolute Gasteiger partial charge is 0.305 e. The lowest BCUT2D eigenvalue weighted by Gasteiger charge is -2.17. The Balaban J connectivity index is 3.27. The number of nitrogens with zero attached hydrogens (tertiary/aromatic N) is 2. The van der Waals surface area contributed by atoms with Crippen molar-refractivity contribution in [3.8, 4) is 11.5 Å². The van der Waals surface area contributed by atoms with Gasteiger partial charge in [0.25, 0.3) is 0 Å². The highest BCUT2D eigenvalue weighted by Crippen LogP contribution is 2.26. The van der Waals surface area contributed by atoms with Gasteiger partial charge in [-0.15, -0.1) is 5.54 Å². The smallest absolute Gasteiger partial charge is 0.129 e. The van der Waals surface area contributed by atoms with Gasteiger partial charge in [-0.25, -0.2) is 0 Å². The third-order valence-corrected chi connectivity index (χ3v) is 4.67. The molecule has 0 unspecified atom stereocenters. The molecule has 0 aliphatic carbocycles. The Bertz CT molecular complexity index is 517.